The molecule has 0 aromatic heterocycles. The van der Waals surface area contributed by atoms with E-state index >= 15 is 0 Å². The van der Waals surface area contributed by atoms with E-state index in [1.165, 1.54) is 129 Å². The third-order valence-corrected chi connectivity index (χ3v) is 8.31. The van der Waals surface area contributed by atoms with Gasteiger partial charge < -0.3 is 9.64 Å². The Morgan fingerprint density at radius 2 is 1.26 bits per heavy atom. The number of hydrogen-bond donors (Lipinski definition) is 0. The largest absolute Gasteiger partial charge is 0.462 e. The summed E-state index contributed by atoms with van der Waals surface area (Å²) in [6.07, 6.45) is 29.0. The fourth-order valence-electron chi connectivity index (χ4n) is 6.00. The molecule has 1 aliphatic rings. The fourth-order valence-corrected chi connectivity index (χ4v) is 6.00. The molecule has 0 amide bonds. The van der Waals surface area contributed by atoms with Crippen LogP contribution in [0.4, 0.5) is 0 Å². The molecule has 3 nitrogen and oxygen atoms in total. The second-order valence-corrected chi connectivity index (χ2v) is 11.6. The summed E-state index contributed by atoms with van der Waals surface area (Å²) in [4.78, 5) is 15.2. The maximum Gasteiger partial charge on any atom is 0.306 e. The molecule has 0 bridgehead atoms. The predicted octanol–water partition coefficient (Wildman–Crippen LogP) is 9.86. The third-order valence-electron chi connectivity index (χ3n) is 8.31. The van der Waals surface area contributed by atoms with Crippen molar-refractivity contribution >= 4 is 5.97 Å². The molecule has 0 saturated carbocycles. The molecule has 0 aromatic rings. The molecule has 1 fully saturated rings. The molecule has 3 atom stereocenters. The van der Waals surface area contributed by atoms with Gasteiger partial charge in [0.2, 0.25) is 0 Å². The zero-order valence-electron chi connectivity index (χ0n) is 24.5. The Morgan fingerprint density at radius 3 is 1.91 bits per heavy atom. The normalized spacial score (nSPS) is 18.5. The number of nitrogens with zero attached hydrogens (tertiary/aromatic N) is 1. The van der Waals surface area contributed by atoms with E-state index in [9.17, 15) is 4.79 Å². The molecule has 0 aromatic carbocycles. The zero-order valence-corrected chi connectivity index (χ0v) is 24.5. The van der Waals surface area contributed by atoms with Gasteiger partial charge >= 0.3 is 5.97 Å². The number of rotatable bonds is 23. The molecular formula is C32H63NO2. The molecule has 1 aliphatic heterocycles. The lowest BCUT2D eigenvalue weighted by Gasteiger charge is -2.38. The molecule has 1 rings (SSSR count). The first-order chi connectivity index (χ1) is 17.1. The van der Waals surface area contributed by atoms with Crippen LogP contribution in [0, 0.1) is 5.92 Å². The number of carbonyl (C=O) groups is 1. The van der Waals surface area contributed by atoms with E-state index in [4.69, 9.17) is 4.74 Å². The number of esters is 1. The molecule has 1 heterocycles. The first kappa shape index (κ1) is 32.5. The Kier molecular flexibility index (Phi) is 21.0. The van der Waals surface area contributed by atoms with Crippen LogP contribution in [0.3, 0.4) is 0 Å². The lowest BCUT2D eigenvalue weighted by Crippen LogP contribution is -2.41. The molecule has 35 heavy (non-hydrogen) atoms. The molecule has 0 N–H and O–H groups in total. The monoisotopic (exact) mass is 493 g/mol. The van der Waals surface area contributed by atoms with Crippen molar-refractivity contribution < 1.29 is 9.53 Å². The van der Waals surface area contributed by atoms with Gasteiger partial charge in [-0.05, 0) is 70.9 Å². The van der Waals surface area contributed by atoms with E-state index in [2.05, 4.69) is 32.7 Å². The Labute approximate surface area is 220 Å². The van der Waals surface area contributed by atoms with Crippen molar-refractivity contribution in [1.82, 2.24) is 4.90 Å². The van der Waals surface area contributed by atoms with Crippen LogP contribution in [-0.2, 0) is 9.53 Å². The highest BCUT2D eigenvalue weighted by Gasteiger charge is 2.27. The van der Waals surface area contributed by atoms with E-state index in [-0.39, 0.29) is 12.1 Å². The molecule has 0 aliphatic carbocycles. The number of carbonyl (C=O) groups excluding carboxylic acids is 1. The van der Waals surface area contributed by atoms with Crippen LogP contribution in [0.2, 0.25) is 0 Å². The van der Waals surface area contributed by atoms with Gasteiger partial charge in [0.1, 0.15) is 6.10 Å². The van der Waals surface area contributed by atoms with Gasteiger partial charge in [-0.25, -0.2) is 0 Å². The maximum atomic E-state index is 12.6. The van der Waals surface area contributed by atoms with E-state index < -0.39 is 0 Å². The molecule has 3 unspecified atom stereocenters. The van der Waals surface area contributed by atoms with Crippen LogP contribution in [0.15, 0.2) is 0 Å². The van der Waals surface area contributed by atoms with Crippen molar-refractivity contribution in [1.29, 1.82) is 0 Å². The minimum absolute atomic E-state index is 0.0556. The summed E-state index contributed by atoms with van der Waals surface area (Å²) in [6, 6.07) is 0.761. The second kappa shape index (κ2) is 22.6. The Bertz CT molecular complexity index is 480. The quantitative estimate of drug-likeness (QED) is 0.105. The van der Waals surface area contributed by atoms with E-state index in [0.29, 0.717) is 6.42 Å². The molecule has 0 spiro atoms. The number of piperidine rings is 1. The van der Waals surface area contributed by atoms with E-state index in [1.807, 2.05) is 0 Å². The molecular weight excluding hydrogens is 430 g/mol. The van der Waals surface area contributed by atoms with Crippen molar-refractivity contribution in [3.63, 3.8) is 0 Å². The predicted molar refractivity (Wildman–Crippen MR) is 153 cm³/mol. The first-order valence-electron chi connectivity index (χ1n) is 16.0. The van der Waals surface area contributed by atoms with Crippen LogP contribution < -0.4 is 0 Å². The molecule has 208 valence electrons. The van der Waals surface area contributed by atoms with Crippen molar-refractivity contribution in [3.05, 3.63) is 0 Å². The topological polar surface area (TPSA) is 29.5 Å². The number of likely N-dealkylation sites (tertiary alicyclic amines) is 1. The van der Waals surface area contributed by atoms with Gasteiger partial charge in [0.15, 0.2) is 0 Å². The zero-order chi connectivity index (χ0) is 25.6. The van der Waals surface area contributed by atoms with Crippen molar-refractivity contribution in [3.8, 4) is 0 Å². The average Bonchev–Trinajstić information content (AvgIpc) is 2.86. The summed E-state index contributed by atoms with van der Waals surface area (Å²) in [5.74, 6) is 0.864. The Morgan fingerprint density at radius 1 is 0.714 bits per heavy atom. The summed E-state index contributed by atoms with van der Waals surface area (Å²) in [6.45, 7) is 8.04. The molecule has 3 heteroatoms. The number of unbranched alkanes of at least 4 members (excludes halogenated alkanes) is 11. The standard InChI is InChI=1S/C32H63NO2/c1-5-8-11-13-14-15-16-22-29(31-26-20-21-28-33(31)4)23-18-19-27-32(34)35-30(24-10-7-3)25-17-12-9-6-2/h29-31H,5-28H2,1-4H3. The van der Waals surface area contributed by atoms with Gasteiger partial charge in [-0.15, -0.1) is 0 Å². The van der Waals surface area contributed by atoms with Gasteiger partial charge in [0.05, 0.1) is 0 Å². The summed E-state index contributed by atoms with van der Waals surface area (Å²) in [5, 5.41) is 0. The number of hydrogen-bond acceptors (Lipinski definition) is 3. The minimum atomic E-state index is 0.0556. The third kappa shape index (κ3) is 16.7. The first-order valence-corrected chi connectivity index (χ1v) is 16.0. The minimum Gasteiger partial charge on any atom is -0.462 e. The lowest BCUT2D eigenvalue weighted by atomic mass is 9.83. The maximum absolute atomic E-state index is 12.6. The Balaban J connectivity index is 2.37. The summed E-state index contributed by atoms with van der Waals surface area (Å²) >= 11 is 0. The van der Waals surface area contributed by atoms with Crippen molar-refractivity contribution in [2.45, 2.75) is 181 Å². The van der Waals surface area contributed by atoms with Crippen LogP contribution in [0.1, 0.15) is 168 Å². The van der Waals surface area contributed by atoms with Gasteiger partial charge in [0.25, 0.3) is 0 Å². The van der Waals surface area contributed by atoms with Gasteiger partial charge in [0, 0.05) is 12.5 Å². The van der Waals surface area contributed by atoms with Crippen LogP contribution in [0.25, 0.3) is 0 Å². The summed E-state index contributed by atoms with van der Waals surface area (Å²) in [7, 11) is 2.34. The van der Waals surface area contributed by atoms with Crippen LogP contribution >= 0.6 is 0 Å². The smallest absolute Gasteiger partial charge is 0.306 e. The van der Waals surface area contributed by atoms with Gasteiger partial charge in [-0.1, -0.05) is 111 Å². The van der Waals surface area contributed by atoms with Gasteiger partial charge in [-0.3, -0.25) is 4.79 Å². The second-order valence-electron chi connectivity index (χ2n) is 11.6. The van der Waals surface area contributed by atoms with Crippen LogP contribution in [-0.4, -0.2) is 36.6 Å². The fraction of sp³-hybridized carbons (Fsp3) is 0.969. The summed E-state index contributed by atoms with van der Waals surface area (Å²) < 4.78 is 5.95. The van der Waals surface area contributed by atoms with E-state index in [1.54, 1.807) is 0 Å². The SMILES string of the molecule is CCCCCCCCCC(CCCCC(=O)OC(CCCC)CCCCCC)C1CCCCN1C. The molecule has 1 saturated heterocycles. The van der Waals surface area contributed by atoms with Gasteiger partial charge in [-0.2, -0.15) is 0 Å². The highest BCUT2D eigenvalue weighted by Crippen LogP contribution is 2.30. The summed E-state index contributed by atoms with van der Waals surface area (Å²) in [5.41, 5.74) is 0. The lowest BCUT2D eigenvalue weighted by molar-refractivity contribution is -0.150. The van der Waals surface area contributed by atoms with Crippen molar-refractivity contribution in [2.24, 2.45) is 5.92 Å². The average molecular weight is 494 g/mol. The van der Waals surface area contributed by atoms with Crippen LogP contribution in [0.5, 0.6) is 0 Å². The van der Waals surface area contributed by atoms with Crippen molar-refractivity contribution in [2.75, 3.05) is 13.6 Å². The number of ether oxygens (including phenoxy) is 1. The molecule has 0 radical (unpaired) electrons. The highest BCUT2D eigenvalue weighted by atomic mass is 16.5. The highest BCUT2D eigenvalue weighted by molar-refractivity contribution is 5.69. The van der Waals surface area contributed by atoms with E-state index in [0.717, 1.165) is 31.2 Å². The Hall–Kier alpha value is -0.570.